The lowest BCUT2D eigenvalue weighted by atomic mass is 10.0. The van der Waals surface area contributed by atoms with Crippen molar-refractivity contribution in [1.82, 2.24) is 4.98 Å². The lowest BCUT2D eigenvalue weighted by Gasteiger charge is -2.10. The number of pyridine rings is 1. The molecule has 0 atom stereocenters. The van der Waals surface area contributed by atoms with Crippen LogP contribution < -0.4 is 0 Å². The third-order valence-corrected chi connectivity index (χ3v) is 3.92. The van der Waals surface area contributed by atoms with Crippen LogP contribution in [0, 0.1) is 18.3 Å². The molecule has 2 rings (SSSR count). The molecule has 0 aliphatic heterocycles. The van der Waals surface area contributed by atoms with E-state index < -0.39 is 17.5 Å². The number of aromatic nitrogens is 1. The number of carbonyl (C=O) groups excluding carboxylic acids is 2. The molecule has 0 unspecified atom stereocenters. The minimum Gasteiger partial charge on any atom is -0.504 e. The molecule has 0 fully saturated rings. The zero-order chi connectivity index (χ0) is 19.1. The van der Waals surface area contributed by atoms with Gasteiger partial charge in [-0.05, 0) is 31.0 Å². The van der Waals surface area contributed by atoms with Gasteiger partial charge in [0.2, 0.25) is 0 Å². The molecule has 0 saturated carbocycles. The topological polar surface area (TPSA) is 100 Å². The standard InChI is InChI=1S/C20H20N2O4/c1-3-26-18(24)9-8-17(23)19-20(25)15(12-21)11-16(22-19)10-14-7-5-4-6-13(14)2/h4-7,11,25H,3,8-10H2,1-2H3. The van der Waals surface area contributed by atoms with Crippen LogP contribution in [0.4, 0.5) is 0 Å². The molecule has 0 bridgehead atoms. The maximum absolute atomic E-state index is 12.4. The van der Waals surface area contributed by atoms with E-state index in [-0.39, 0.29) is 30.7 Å². The third-order valence-electron chi connectivity index (χ3n) is 3.92. The Labute approximate surface area is 152 Å². The molecule has 0 radical (unpaired) electrons. The number of nitrogens with zero attached hydrogens (tertiary/aromatic N) is 2. The quantitative estimate of drug-likeness (QED) is 0.607. The van der Waals surface area contributed by atoms with Crippen molar-refractivity contribution in [2.45, 2.75) is 33.1 Å². The van der Waals surface area contributed by atoms with Gasteiger partial charge in [0.05, 0.1) is 18.6 Å². The van der Waals surface area contributed by atoms with Crippen LogP contribution in [0.15, 0.2) is 30.3 Å². The van der Waals surface area contributed by atoms with Crippen LogP contribution in [-0.4, -0.2) is 28.4 Å². The lowest BCUT2D eigenvalue weighted by Crippen LogP contribution is -2.11. The third kappa shape index (κ3) is 4.67. The first-order valence-electron chi connectivity index (χ1n) is 8.32. The average molecular weight is 352 g/mol. The molecule has 1 heterocycles. The number of nitriles is 1. The highest BCUT2D eigenvalue weighted by molar-refractivity contribution is 5.98. The smallest absolute Gasteiger partial charge is 0.306 e. The molecule has 134 valence electrons. The summed E-state index contributed by atoms with van der Waals surface area (Å²) in [5.41, 5.74) is 2.39. The maximum atomic E-state index is 12.4. The Bertz CT molecular complexity index is 869. The van der Waals surface area contributed by atoms with Gasteiger partial charge in [0, 0.05) is 18.5 Å². The number of hydrogen-bond donors (Lipinski definition) is 1. The van der Waals surface area contributed by atoms with Crippen LogP contribution in [0.2, 0.25) is 0 Å². The molecule has 1 N–H and O–H groups in total. The number of esters is 1. The molecule has 0 aliphatic rings. The number of hydrogen-bond acceptors (Lipinski definition) is 6. The van der Waals surface area contributed by atoms with Crippen LogP contribution in [-0.2, 0) is 16.0 Å². The highest BCUT2D eigenvalue weighted by atomic mass is 16.5. The van der Waals surface area contributed by atoms with Gasteiger partial charge in [-0.1, -0.05) is 24.3 Å². The summed E-state index contributed by atoms with van der Waals surface area (Å²) in [6.45, 7) is 3.88. The van der Waals surface area contributed by atoms with Gasteiger partial charge < -0.3 is 9.84 Å². The van der Waals surface area contributed by atoms with Gasteiger partial charge in [-0.2, -0.15) is 5.26 Å². The van der Waals surface area contributed by atoms with Gasteiger partial charge in [-0.25, -0.2) is 4.98 Å². The van der Waals surface area contributed by atoms with Crippen molar-refractivity contribution in [3.05, 3.63) is 58.4 Å². The summed E-state index contributed by atoms with van der Waals surface area (Å²) in [6, 6.07) is 11.1. The Hall–Kier alpha value is -3.20. The second-order valence-electron chi connectivity index (χ2n) is 5.80. The number of ketones is 1. The van der Waals surface area contributed by atoms with E-state index in [0.29, 0.717) is 12.1 Å². The number of carbonyl (C=O) groups is 2. The van der Waals surface area contributed by atoms with Crippen LogP contribution in [0.25, 0.3) is 0 Å². The van der Waals surface area contributed by atoms with Gasteiger partial charge in [-0.15, -0.1) is 0 Å². The van der Waals surface area contributed by atoms with E-state index in [0.717, 1.165) is 11.1 Å². The fourth-order valence-corrected chi connectivity index (χ4v) is 2.53. The molecule has 0 aliphatic carbocycles. The van der Waals surface area contributed by atoms with E-state index >= 15 is 0 Å². The Morgan fingerprint density at radius 1 is 1.27 bits per heavy atom. The summed E-state index contributed by atoms with van der Waals surface area (Å²) in [5.74, 6) is -1.44. The van der Waals surface area contributed by atoms with Crippen molar-refractivity contribution in [2.24, 2.45) is 0 Å². The summed E-state index contributed by atoms with van der Waals surface area (Å²) in [6.07, 6.45) is 0.190. The highest BCUT2D eigenvalue weighted by Gasteiger charge is 2.20. The normalized spacial score (nSPS) is 10.2. The molecule has 0 saturated heterocycles. The maximum Gasteiger partial charge on any atom is 0.306 e. The fraction of sp³-hybridized carbons (Fsp3) is 0.300. The summed E-state index contributed by atoms with van der Waals surface area (Å²) in [4.78, 5) is 28.0. The highest BCUT2D eigenvalue weighted by Crippen LogP contribution is 2.24. The zero-order valence-corrected chi connectivity index (χ0v) is 14.8. The minimum absolute atomic E-state index is 0.0110. The molecule has 0 amide bonds. The van der Waals surface area contributed by atoms with Crippen molar-refractivity contribution < 1.29 is 19.4 Å². The largest absolute Gasteiger partial charge is 0.504 e. The number of aromatic hydroxyl groups is 1. The second kappa shape index (κ2) is 8.77. The molecule has 1 aromatic heterocycles. The van der Waals surface area contributed by atoms with Crippen LogP contribution in [0.3, 0.4) is 0 Å². The number of aryl methyl sites for hydroxylation is 1. The summed E-state index contributed by atoms with van der Waals surface area (Å²) < 4.78 is 4.79. The number of ether oxygens (including phenoxy) is 1. The monoisotopic (exact) mass is 352 g/mol. The van der Waals surface area contributed by atoms with Gasteiger partial charge in [-0.3, -0.25) is 9.59 Å². The van der Waals surface area contributed by atoms with E-state index in [1.54, 1.807) is 6.92 Å². The molecule has 0 spiro atoms. The Balaban J connectivity index is 2.28. The number of Topliss-reactive ketones (excluding diaryl/α,β-unsaturated/α-hetero) is 1. The summed E-state index contributed by atoms with van der Waals surface area (Å²) in [7, 11) is 0. The Morgan fingerprint density at radius 2 is 2.00 bits per heavy atom. The summed E-state index contributed by atoms with van der Waals surface area (Å²) >= 11 is 0. The number of rotatable bonds is 7. The first-order valence-corrected chi connectivity index (χ1v) is 8.32. The van der Waals surface area contributed by atoms with E-state index in [4.69, 9.17) is 4.74 Å². The molecule has 2 aromatic rings. The van der Waals surface area contributed by atoms with Gasteiger partial charge in [0.1, 0.15) is 11.8 Å². The average Bonchev–Trinajstić information content (AvgIpc) is 2.63. The molecule has 6 heteroatoms. The molecule has 1 aromatic carbocycles. The van der Waals surface area contributed by atoms with E-state index in [2.05, 4.69) is 4.98 Å². The van der Waals surface area contributed by atoms with Gasteiger partial charge in [0.15, 0.2) is 11.5 Å². The molecule has 26 heavy (non-hydrogen) atoms. The van der Waals surface area contributed by atoms with Crippen LogP contribution >= 0.6 is 0 Å². The van der Waals surface area contributed by atoms with Crippen molar-refractivity contribution in [2.75, 3.05) is 6.61 Å². The van der Waals surface area contributed by atoms with E-state index in [1.165, 1.54) is 6.07 Å². The lowest BCUT2D eigenvalue weighted by molar-refractivity contribution is -0.143. The van der Waals surface area contributed by atoms with Crippen molar-refractivity contribution in [1.29, 1.82) is 5.26 Å². The van der Waals surface area contributed by atoms with Crippen molar-refractivity contribution in [3.8, 4) is 11.8 Å². The molecular weight excluding hydrogens is 332 g/mol. The van der Waals surface area contributed by atoms with Crippen molar-refractivity contribution >= 4 is 11.8 Å². The van der Waals surface area contributed by atoms with E-state index in [1.807, 2.05) is 37.3 Å². The SMILES string of the molecule is CCOC(=O)CCC(=O)c1nc(Cc2ccccc2C)cc(C#N)c1O. The Kier molecular flexibility index (Phi) is 6.45. The van der Waals surface area contributed by atoms with Crippen LogP contribution in [0.1, 0.15) is 52.6 Å². The van der Waals surface area contributed by atoms with Gasteiger partial charge in [0.25, 0.3) is 0 Å². The number of benzene rings is 1. The minimum atomic E-state index is -0.501. The second-order valence-corrected chi connectivity index (χ2v) is 5.80. The molecular formula is C20H20N2O4. The van der Waals surface area contributed by atoms with Gasteiger partial charge >= 0.3 is 5.97 Å². The van der Waals surface area contributed by atoms with Crippen LogP contribution in [0.5, 0.6) is 5.75 Å². The fourth-order valence-electron chi connectivity index (χ4n) is 2.53. The molecule has 6 nitrogen and oxygen atoms in total. The van der Waals surface area contributed by atoms with Crippen molar-refractivity contribution in [3.63, 3.8) is 0 Å². The first kappa shape index (κ1) is 19.1. The predicted octanol–water partition coefficient (Wildman–Crippen LogP) is 3.08. The zero-order valence-electron chi connectivity index (χ0n) is 14.8. The van der Waals surface area contributed by atoms with E-state index in [9.17, 15) is 20.0 Å². The predicted molar refractivity (Wildman–Crippen MR) is 94.8 cm³/mol. The summed E-state index contributed by atoms with van der Waals surface area (Å²) in [5, 5.41) is 19.4. The Morgan fingerprint density at radius 3 is 2.65 bits per heavy atom. The first-order chi connectivity index (χ1) is 12.5.